The van der Waals surface area contributed by atoms with E-state index in [1.54, 1.807) is 19.2 Å². The van der Waals surface area contributed by atoms with Crippen LogP contribution in [-0.2, 0) is 16.0 Å². The summed E-state index contributed by atoms with van der Waals surface area (Å²) in [4.78, 5) is 28.6. The van der Waals surface area contributed by atoms with Crippen molar-refractivity contribution in [2.45, 2.75) is 17.2 Å². The predicted molar refractivity (Wildman–Crippen MR) is 129 cm³/mol. The average molecular weight is 515 g/mol. The molecule has 35 heavy (non-hydrogen) atoms. The number of nitrogens with zero attached hydrogens (tertiary/aromatic N) is 4. The maximum absolute atomic E-state index is 12.9. The van der Waals surface area contributed by atoms with Gasteiger partial charge in [-0.25, -0.2) is 4.39 Å². The Labute approximate surface area is 207 Å². The summed E-state index contributed by atoms with van der Waals surface area (Å²) >= 11 is 2.33. The number of hydrogen-bond donors (Lipinski definition) is 2. The largest absolute Gasteiger partial charge is 0.497 e. The fraction of sp³-hybridized carbons (Fsp3) is 0.182. The van der Waals surface area contributed by atoms with Crippen LogP contribution in [0.3, 0.4) is 0 Å². The van der Waals surface area contributed by atoms with Gasteiger partial charge in [-0.3, -0.25) is 9.59 Å². The molecule has 0 atom stereocenters. The van der Waals surface area contributed by atoms with E-state index in [2.05, 4.69) is 31.0 Å². The molecule has 0 aliphatic carbocycles. The highest BCUT2D eigenvalue weighted by atomic mass is 32.2. The third-order valence-electron chi connectivity index (χ3n) is 4.49. The van der Waals surface area contributed by atoms with Gasteiger partial charge in [0.1, 0.15) is 11.6 Å². The molecule has 0 unspecified atom stereocenters. The first-order valence-corrected chi connectivity index (χ1v) is 12.1. The summed E-state index contributed by atoms with van der Waals surface area (Å²) in [7, 11) is 1.59. The first-order valence-electron chi connectivity index (χ1n) is 10.3. The number of ether oxygens (including phenoxy) is 1. The molecule has 4 aromatic rings. The lowest BCUT2D eigenvalue weighted by Crippen LogP contribution is -2.13. The Bertz CT molecular complexity index is 1290. The van der Waals surface area contributed by atoms with Crippen LogP contribution in [0.4, 0.5) is 15.2 Å². The van der Waals surface area contributed by atoms with Gasteiger partial charge in [-0.1, -0.05) is 28.3 Å². The van der Waals surface area contributed by atoms with E-state index < -0.39 is 0 Å². The number of nitrogens with one attached hydrogen (secondary N) is 2. The van der Waals surface area contributed by atoms with E-state index in [9.17, 15) is 14.0 Å². The molecule has 2 aromatic heterocycles. The summed E-state index contributed by atoms with van der Waals surface area (Å²) in [6.07, 6.45) is 0.380. The van der Waals surface area contributed by atoms with E-state index in [0.717, 1.165) is 22.6 Å². The summed E-state index contributed by atoms with van der Waals surface area (Å²) in [6.45, 7) is 0. The molecule has 0 aliphatic rings. The molecular formula is C22H19FN6O4S2. The minimum atomic E-state index is -0.379. The average Bonchev–Trinajstić information content (AvgIpc) is 3.53. The lowest BCUT2D eigenvalue weighted by Gasteiger charge is -2.03. The van der Waals surface area contributed by atoms with Crippen molar-refractivity contribution in [3.8, 4) is 17.1 Å². The fourth-order valence-electron chi connectivity index (χ4n) is 2.79. The Morgan fingerprint density at radius 1 is 1.06 bits per heavy atom. The van der Waals surface area contributed by atoms with Gasteiger partial charge in [0, 0.05) is 24.1 Å². The minimum absolute atomic E-state index is 0.0909. The number of halogens is 1. The molecule has 4 rings (SSSR count). The van der Waals surface area contributed by atoms with E-state index in [0.29, 0.717) is 26.9 Å². The number of benzene rings is 2. The molecule has 0 fully saturated rings. The van der Waals surface area contributed by atoms with Crippen molar-refractivity contribution in [3.63, 3.8) is 0 Å². The topological polar surface area (TPSA) is 132 Å². The van der Waals surface area contributed by atoms with Crippen LogP contribution in [0.15, 0.2) is 57.4 Å². The van der Waals surface area contributed by atoms with Gasteiger partial charge in [-0.05, 0) is 48.5 Å². The van der Waals surface area contributed by atoms with Crippen molar-refractivity contribution < 1.29 is 23.2 Å². The van der Waals surface area contributed by atoms with Gasteiger partial charge in [0.15, 0.2) is 4.34 Å². The number of rotatable bonds is 10. The summed E-state index contributed by atoms with van der Waals surface area (Å²) < 4.78 is 23.8. The molecule has 0 saturated heterocycles. The molecule has 0 radical (unpaired) electrons. The number of methoxy groups -OCH3 is 1. The zero-order valence-electron chi connectivity index (χ0n) is 18.4. The van der Waals surface area contributed by atoms with Gasteiger partial charge < -0.3 is 19.9 Å². The van der Waals surface area contributed by atoms with Crippen LogP contribution < -0.4 is 15.4 Å². The fourth-order valence-corrected chi connectivity index (χ4v) is 4.36. The summed E-state index contributed by atoms with van der Waals surface area (Å²) in [6, 6.07) is 12.7. The van der Waals surface area contributed by atoms with E-state index in [-0.39, 0.29) is 36.2 Å². The van der Waals surface area contributed by atoms with Crippen molar-refractivity contribution in [2.75, 3.05) is 23.5 Å². The number of aromatic nitrogens is 4. The Morgan fingerprint density at radius 2 is 1.83 bits per heavy atom. The number of anilines is 2. The van der Waals surface area contributed by atoms with Crippen molar-refractivity contribution in [1.82, 2.24) is 20.3 Å². The van der Waals surface area contributed by atoms with E-state index in [1.165, 1.54) is 36.0 Å². The molecule has 10 nitrogen and oxygen atoms in total. The van der Waals surface area contributed by atoms with Crippen molar-refractivity contribution in [1.29, 1.82) is 0 Å². The Morgan fingerprint density at radius 3 is 2.57 bits per heavy atom. The first-order chi connectivity index (χ1) is 17.0. The van der Waals surface area contributed by atoms with Crippen molar-refractivity contribution >= 4 is 45.7 Å². The highest BCUT2D eigenvalue weighted by Gasteiger charge is 2.14. The summed E-state index contributed by atoms with van der Waals surface area (Å²) in [5, 5.41) is 17.5. The van der Waals surface area contributed by atoms with Gasteiger partial charge in [0.05, 0.1) is 12.9 Å². The molecule has 13 heteroatoms. The summed E-state index contributed by atoms with van der Waals surface area (Å²) in [5.74, 6) is 0.654. The number of amides is 2. The van der Waals surface area contributed by atoms with Crippen LogP contribution >= 0.6 is 23.1 Å². The SMILES string of the molecule is COc1ccc(-c2noc(CCC(=O)Nc3nnc(SCC(=O)Nc4ccc(F)cc4)s3)n2)cc1. The van der Waals surface area contributed by atoms with Crippen LogP contribution in [0.1, 0.15) is 12.3 Å². The van der Waals surface area contributed by atoms with Crippen molar-refractivity contribution in [3.05, 3.63) is 60.2 Å². The van der Waals surface area contributed by atoms with Gasteiger partial charge in [0.2, 0.25) is 28.7 Å². The zero-order chi connectivity index (χ0) is 24.6. The predicted octanol–water partition coefficient (Wildman–Crippen LogP) is 4.04. The van der Waals surface area contributed by atoms with E-state index >= 15 is 0 Å². The molecule has 0 aliphatic heterocycles. The lowest BCUT2D eigenvalue weighted by molar-refractivity contribution is -0.116. The minimum Gasteiger partial charge on any atom is -0.497 e. The maximum atomic E-state index is 12.9. The zero-order valence-corrected chi connectivity index (χ0v) is 20.0. The number of carbonyl (C=O) groups excluding carboxylic acids is 2. The third kappa shape index (κ3) is 7.07. The Balaban J connectivity index is 1.20. The molecular weight excluding hydrogens is 495 g/mol. The van der Waals surface area contributed by atoms with E-state index in [1.807, 2.05) is 12.1 Å². The van der Waals surface area contributed by atoms with Crippen LogP contribution in [0.25, 0.3) is 11.4 Å². The molecule has 2 heterocycles. The smallest absolute Gasteiger partial charge is 0.234 e. The molecule has 180 valence electrons. The highest BCUT2D eigenvalue weighted by molar-refractivity contribution is 8.01. The van der Waals surface area contributed by atoms with Crippen molar-refractivity contribution in [2.24, 2.45) is 0 Å². The number of hydrogen-bond acceptors (Lipinski definition) is 10. The first kappa shape index (κ1) is 24.3. The number of aryl methyl sites for hydroxylation is 1. The second kappa shape index (κ2) is 11.5. The molecule has 0 saturated carbocycles. The number of thioether (sulfide) groups is 1. The standard InChI is InChI=1S/C22H19FN6O4S2/c1-32-16-8-2-13(3-9-16)20-26-19(33-29-20)11-10-17(30)25-21-27-28-22(35-21)34-12-18(31)24-15-6-4-14(23)5-7-15/h2-9H,10-12H2,1H3,(H,24,31)(H,25,27,30). The highest BCUT2D eigenvalue weighted by Crippen LogP contribution is 2.26. The van der Waals surface area contributed by atoms with E-state index in [4.69, 9.17) is 9.26 Å². The maximum Gasteiger partial charge on any atom is 0.234 e. The van der Waals surface area contributed by atoms with Gasteiger partial charge in [-0.15, -0.1) is 10.2 Å². The molecule has 2 N–H and O–H groups in total. The quantitative estimate of drug-likeness (QED) is 0.238. The molecule has 0 spiro atoms. The Kier molecular flexibility index (Phi) is 8.00. The normalized spacial score (nSPS) is 10.7. The summed E-state index contributed by atoms with van der Waals surface area (Å²) in [5.41, 5.74) is 1.27. The van der Waals surface area contributed by atoms with Crippen LogP contribution in [0.5, 0.6) is 5.75 Å². The monoisotopic (exact) mass is 514 g/mol. The molecule has 2 aromatic carbocycles. The van der Waals surface area contributed by atoms with Crippen LogP contribution in [-0.4, -0.2) is 45.0 Å². The molecule has 0 bridgehead atoms. The van der Waals surface area contributed by atoms with Gasteiger partial charge in [0.25, 0.3) is 0 Å². The second-order valence-electron chi connectivity index (χ2n) is 7.01. The van der Waals surface area contributed by atoms with Gasteiger partial charge in [-0.2, -0.15) is 4.98 Å². The van der Waals surface area contributed by atoms with Crippen LogP contribution in [0, 0.1) is 5.82 Å². The lowest BCUT2D eigenvalue weighted by atomic mass is 10.2. The third-order valence-corrected chi connectivity index (χ3v) is 6.46. The van der Waals surface area contributed by atoms with Gasteiger partial charge >= 0.3 is 0 Å². The number of carbonyl (C=O) groups is 2. The molecule has 2 amide bonds. The second-order valence-corrected chi connectivity index (χ2v) is 9.21. The van der Waals surface area contributed by atoms with Crippen LogP contribution in [0.2, 0.25) is 0 Å². The Hall–Kier alpha value is -3.84.